The molecule has 1 saturated carbocycles. The molecule has 0 heterocycles. The number of carbonyl (C=O) groups excluding carboxylic acids is 1. The van der Waals surface area contributed by atoms with Crippen LogP contribution >= 0.6 is 45.2 Å². The predicted molar refractivity (Wildman–Crippen MR) is 89.8 cm³/mol. The topological polar surface area (TPSA) is 86.6 Å². The molecule has 1 fully saturated rings. The molecule has 7 heteroatoms. The summed E-state index contributed by atoms with van der Waals surface area (Å²) in [6.07, 6.45) is 2.03. The first-order valence-electron chi connectivity index (χ1n) is 6.05. The third-order valence-corrected chi connectivity index (χ3v) is 5.07. The summed E-state index contributed by atoms with van der Waals surface area (Å²) in [5, 5.41) is 21.8. The third-order valence-electron chi connectivity index (χ3n) is 3.62. The second-order valence-electron chi connectivity index (χ2n) is 4.91. The maximum absolute atomic E-state index is 12.1. The van der Waals surface area contributed by atoms with Crippen molar-refractivity contribution in [2.45, 2.75) is 19.3 Å². The van der Waals surface area contributed by atoms with E-state index in [2.05, 4.69) is 27.9 Å². The van der Waals surface area contributed by atoms with Crippen LogP contribution in [0.25, 0.3) is 0 Å². The predicted octanol–water partition coefficient (Wildman–Crippen LogP) is 2.59. The Morgan fingerprint density at radius 1 is 1.30 bits per heavy atom. The van der Waals surface area contributed by atoms with Crippen molar-refractivity contribution in [3.05, 3.63) is 24.8 Å². The number of halogens is 2. The van der Waals surface area contributed by atoms with Crippen LogP contribution in [0, 0.1) is 12.6 Å². The first kappa shape index (κ1) is 15.8. The van der Waals surface area contributed by atoms with Gasteiger partial charge in [0.15, 0.2) is 0 Å². The number of phenols is 1. The van der Waals surface area contributed by atoms with Crippen LogP contribution in [0.2, 0.25) is 0 Å². The fourth-order valence-electron chi connectivity index (χ4n) is 2.15. The number of hydrogen-bond donors (Lipinski definition) is 3. The van der Waals surface area contributed by atoms with E-state index in [9.17, 15) is 19.8 Å². The van der Waals surface area contributed by atoms with Gasteiger partial charge in [-0.25, -0.2) is 0 Å². The average molecular weight is 501 g/mol. The maximum atomic E-state index is 12.1. The van der Waals surface area contributed by atoms with Gasteiger partial charge in [-0.3, -0.25) is 9.59 Å². The number of amides is 1. The molecule has 0 atom stereocenters. The minimum Gasteiger partial charge on any atom is -0.506 e. The molecule has 0 unspecified atom stereocenters. The second kappa shape index (κ2) is 6.04. The van der Waals surface area contributed by atoms with E-state index in [1.165, 1.54) is 0 Å². The highest BCUT2D eigenvalue weighted by molar-refractivity contribution is 14.1. The van der Waals surface area contributed by atoms with Gasteiger partial charge in [-0.1, -0.05) is 6.42 Å². The van der Waals surface area contributed by atoms with Crippen LogP contribution in [0.4, 0.5) is 0 Å². The van der Waals surface area contributed by atoms with Crippen LogP contribution in [0.15, 0.2) is 12.1 Å². The number of hydrogen-bond acceptors (Lipinski definition) is 3. The highest BCUT2D eigenvalue weighted by Crippen LogP contribution is 2.40. The molecule has 1 aliphatic carbocycles. The molecular weight excluding hydrogens is 488 g/mol. The molecule has 1 aliphatic rings. The molecule has 0 bridgehead atoms. The Morgan fingerprint density at radius 2 is 1.95 bits per heavy atom. The minimum absolute atomic E-state index is 0.0681. The van der Waals surface area contributed by atoms with Crippen LogP contribution in [0.3, 0.4) is 0 Å². The van der Waals surface area contributed by atoms with Crippen molar-refractivity contribution in [3.63, 3.8) is 0 Å². The number of carboxylic acid groups (broad SMARTS) is 1. The smallest absolute Gasteiger partial charge is 0.311 e. The Hall–Kier alpha value is -0.580. The molecule has 0 saturated heterocycles. The summed E-state index contributed by atoms with van der Waals surface area (Å²) in [5.74, 6) is -1.38. The first-order valence-corrected chi connectivity index (χ1v) is 8.21. The molecule has 2 rings (SSSR count). The van der Waals surface area contributed by atoms with Crippen LogP contribution < -0.4 is 5.32 Å². The van der Waals surface area contributed by atoms with E-state index < -0.39 is 17.3 Å². The van der Waals surface area contributed by atoms with Gasteiger partial charge in [0.1, 0.15) is 5.75 Å². The van der Waals surface area contributed by atoms with E-state index >= 15 is 0 Å². The quantitative estimate of drug-likeness (QED) is 0.555. The van der Waals surface area contributed by atoms with E-state index in [1.54, 1.807) is 12.1 Å². The molecule has 0 radical (unpaired) electrons. The van der Waals surface area contributed by atoms with Gasteiger partial charge in [-0.15, -0.1) is 0 Å². The molecule has 0 aliphatic heterocycles. The summed E-state index contributed by atoms with van der Waals surface area (Å²) >= 11 is 4.02. The second-order valence-corrected chi connectivity index (χ2v) is 7.31. The van der Waals surface area contributed by atoms with Crippen molar-refractivity contribution in [2.75, 3.05) is 6.54 Å². The van der Waals surface area contributed by atoms with Gasteiger partial charge in [0.2, 0.25) is 0 Å². The van der Waals surface area contributed by atoms with E-state index in [0.29, 0.717) is 16.4 Å². The van der Waals surface area contributed by atoms with E-state index in [-0.39, 0.29) is 17.9 Å². The van der Waals surface area contributed by atoms with E-state index in [1.807, 2.05) is 22.6 Å². The molecule has 0 spiro atoms. The van der Waals surface area contributed by atoms with Gasteiger partial charge in [0.05, 0.1) is 14.5 Å². The number of phenolic OH excluding ortho intramolecular Hbond substituents is 1. The van der Waals surface area contributed by atoms with Gasteiger partial charge in [0.25, 0.3) is 5.91 Å². The molecule has 3 N–H and O–H groups in total. The van der Waals surface area contributed by atoms with Crippen molar-refractivity contribution >= 4 is 57.1 Å². The highest BCUT2D eigenvalue weighted by atomic mass is 127. The summed E-state index contributed by atoms with van der Waals surface area (Å²) in [6.45, 7) is 0.0999. The number of nitrogens with one attached hydrogen (secondary N) is 1. The van der Waals surface area contributed by atoms with Gasteiger partial charge < -0.3 is 15.5 Å². The summed E-state index contributed by atoms with van der Waals surface area (Å²) in [7, 11) is 0. The normalized spacial score (nSPS) is 16.3. The van der Waals surface area contributed by atoms with Crippen molar-refractivity contribution in [1.29, 1.82) is 0 Å². The lowest BCUT2D eigenvalue weighted by atomic mass is 9.69. The Balaban J connectivity index is 2.11. The van der Waals surface area contributed by atoms with E-state index in [0.717, 1.165) is 9.99 Å². The van der Waals surface area contributed by atoms with Crippen LogP contribution in [0.5, 0.6) is 5.75 Å². The number of aliphatic carboxylic acids is 1. The number of rotatable bonds is 4. The lowest BCUT2D eigenvalue weighted by Crippen LogP contribution is -2.47. The monoisotopic (exact) mass is 501 g/mol. The highest BCUT2D eigenvalue weighted by Gasteiger charge is 2.44. The van der Waals surface area contributed by atoms with Crippen LogP contribution in [-0.4, -0.2) is 28.6 Å². The zero-order valence-corrected chi connectivity index (χ0v) is 14.8. The SMILES string of the molecule is O=C(NCC1(C(=O)O)CCC1)c1cc(I)cc(I)c1O. The average Bonchev–Trinajstić information content (AvgIpc) is 2.31. The number of carboxylic acids is 1. The number of benzene rings is 1. The van der Waals surface area contributed by atoms with Crippen LogP contribution in [-0.2, 0) is 4.79 Å². The standard InChI is InChI=1S/C13H13I2NO4/c14-7-4-8(10(17)9(15)5-7)11(18)16-6-13(12(19)20)2-1-3-13/h4-5,17H,1-3,6H2,(H,16,18)(H,19,20). The fraction of sp³-hybridized carbons (Fsp3) is 0.385. The molecule has 20 heavy (non-hydrogen) atoms. The summed E-state index contributed by atoms with van der Waals surface area (Å²) in [6, 6.07) is 3.35. The number of carbonyl (C=O) groups is 2. The van der Waals surface area contributed by atoms with Gasteiger partial charge in [-0.05, 0) is 70.2 Å². The van der Waals surface area contributed by atoms with Crippen molar-refractivity contribution in [2.24, 2.45) is 5.41 Å². The Bertz CT molecular complexity index is 570. The molecule has 1 aromatic carbocycles. The Kier molecular flexibility index (Phi) is 4.77. The first-order chi connectivity index (χ1) is 9.35. The summed E-state index contributed by atoms with van der Waals surface area (Å²) < 4.78 is 1.43. The zero-order valence-electron chi connectivity index (χ0n) is 10.4. The van der Waals surface area contributed by atoms with Gasteiger partial charge in [-0.2, -0.15) is 0 Å². The van der Waals surface area contributed by atoms with E-state index in [4.69, 9.17) is 0 Å². The van der Waals surface area contributed by atoms with Gasteiger partial charge >= 0.3 is 5.97 Å². The Labute approximate surface area is 143 Å². The molecule has 5 nitrogen and oxygen atoms in total. The van der Waals surface area contributed by atoms with Crippen molar-refractivity contribution < 1.29 is 19.8 Å². The molecule has 0 aromatic heterocycles. The lowest BCUT2D eigenvalue weighted by molar-refractivity contribution is -0.153. The fourth-order valence-corrected chi connectivity index (χ4v) is 4.00. The largest absolute Gasteiger partial charge is 0.506 e. The lowest BCUT2D eigenvalue weighted by Gasteiger charge is -2.37. The van der Waals surface area contributed by atoms with Crippen LogP contribution in [0.1, 0.15) is 29.6 Å². The molecule has 1 amide bonds. The zero-order chi connectivity index (χ0) is 14.9. The minimum atomic E-state index is -0.870. The van der Waals surface area contributed by atoms with Gasteiger partial charge in [0, 0.05) is 10.1 Å². The Morgan fingerprint density at radius 3 is 2.45 bits per heavy atom. The molecule has 1 aromatic rings. The maximum Gasteiger partial charge on any atom is 0.311 e. The van der Waals surface area contributed by atoms with Crippen molar-refractivity contribution in [3.8, 4) is 5.75 Å². The molecule has 108 valence electrons. The number of aromatic hydroxyl groups is 1. The van der Waals surface area contributed by atoms with Crippen molar-refractivity contribution in [1.82, 2.24) is 5.32 Å². The third kappa shape index (κ3) is 3.02. The summed E-state index contributed by atoms with van der Waals surface area (Å²) in [5.41, 5.74) is -0.651. The summed E-state index contributed by atoms with van der Waals surface area (Å²) in [4.78, 5) is 23.3. The molecular formula is C13H13I2NO4.